The number of aromatic hydroxyl groups is 1. The normalized spacial score (nSPS) is 12.8. The number of carbonyl (C=O) groups is 4. The number of nitrogens with zero attached hydrogens (tertiary/aromatic N) is 1. The van der Waals surface area contributed by atoms with Gasteiger partial charge < -0.3 is 31.1 Å². The van der Waals surface area contributed by atoms with Crippen LogP contribution in [0.25, 0.3) is 0 Å². The van der Waals surface area contributed by atoms with Crippen LogP contribution in [0, 0.1) is 0 Å². The summed E-state index contributed by atoms with van der Waals surface area (Å²) in [6, 6.07) is 3.73. The van der Waals surface area contributed by atoms with Crippen molar-refractivity contribution in [3.8, 4) is 5.75 Å². The molecule has 208 valence electrons. The molecule has 0 aliphatic carbocycles. The molecule has 2 unspecified atom stereocenters. The van der Waals surface area contributed by atoms with Gasteiger partial charge in [-0.05, 0) is 51.3 Å². The summed E-state index contributed by atoms with van der Waals surface area (Å²) in [5.41, 5.74) is 4.99. The Morgan fingerprint density at radius 2 is 1.70 bits per heavy atom. The molecule has 0 aliphatic heterocycles. The summed E-state index contributed by atoms with van der Waals surface area (Å²) >= 11 is 0. The van der Waals surface area contributed by atoms with Gasteiger partial charge in [0.15, 0.2) is 0 Å². The molecule has 37 heavy (non-hydrogen) atoms. The Balaban J connectivity index is 3.42. The number of hydrogen-bond donors (Lipinski definition) is 4. The Labute approximate surface area is 220 Å². The van der Waals surface area contributed by atoms with Crippen molar-refractivity contribution in [3.05, 3.63) is 29.8 Å². The molecular formula is C27H44N4O6. The van der Waals surface area contributed by atoms with Gasteiger partial charge in [-0.3, -0.25) is 14.4 Å². The van der Waals surface area contributed by atoms with Crippen molar-refractivity contribution in [2.75, 3.05) is 13.1 Å². The van der Waals surface area contributed by atoms with Crippen LogP contribution in [0.1, 0.15) is 91.2 Å². The standard InChI is InChI=1S/C27H44N4O6/c1-6-8-10-15-29-24(34)23(19-13-12-14-20(32)17-19)31(16-11-9-7-2)25(35)21(18-22(28)33)30-26(36)37-27(3,4)5/h12-14,17,21,23,32H,6-11,15-16,18H2,1-5H3,(H2,28,33)(H,29,34)(H,30,36). The minimum absolute atomic E-state index is 0.0530. The van der Waals surface area contributed by atoms with E-state index in [4.69, 9.17) is 10.5 Å². The Bertz CT molecular complexity index is 899. The summed E-state index contributed by atoms with van der Waals surface area (Å²) < 4.78 is 5.28. The maximum Gasteiger partial charge on any atom is 0.408 e. The number of benzene rings is 1. The molecule has 1 aromatic carbocycles. The van der Waals surface area contributed by atoms with E-state index < -0.39 is 47.9 Å². The zero-order valence-electron chi connectivity index (χ0n) is 22.8. The van der Waals surface area contributed by atoms with Gasteiger partial charge in [-0.1, -0.05) is 51.7 Å². The van der Waals surface area contributed by atoms with E-state index in [-0.39, 0.29) is 12.3 Å². The van der Waals surface area contributed by atoms with Crippen LogP contribution in [0.3, 0.4) is 0 Å². The van der Waals surface area contributed by atoms with Crippen LogP contribution in [-0.4, -0.2) is 58.6 Å². The van der Waals surface area contributed by atoms with Crippen LogP contribution in [0.4, 0.5) is 4.79 Å². The Kier molecular flexibility index (Phi) is 13.5. The average molecular weight is 521 g/mol. The van der Waals surface area contributed by atoms with Crippen molar-refractivity contribution < 1.29 is 29.0 Å². The second-order valence-corrected chi connectivity index (χ2v) is 10.1. The summed E-state index contributed by atoms with van der Waals surface area (Å²) in [6.07, 6.45) is 3.64. The smallest absolute Gasteiger partial charge is 0.408 e. The van der Waals surface area contributed by atoms with Gasteiger partial charge in [0.1, 0.15) is 23.4 Å². The molecule has 0 aliphatic rings. The largest absolute Gasteiger partial charge is 0.508 e. The summed E-state index contributed by atoms with van der Waals surface area (Å²) in [4.78, 5) is 53.0. The van der Waals surface area contributed by atoms with E-state index in [1.165, 1.54) is 17.0 Å². The van der Waals surface area contributed by atoms with Crippen LogP contribution < -0.4 is 16.4 Å². The van der Waals surface area contributed by atoms with E-state index in [0.29, 0.717) is 18.5 Å². The van der Waals surface area contributed by atoms with Gasteiger partial charge in [0.2, 0.25) is 17.7 Å². The number of unbranched alkanes of at least 4 members (excludes halogenated alkanes) is 4. The number of phenols is 1. The summed E-state index contributed by atoms with van der Waals surface area (Å²) in [5, 5.41) is 15.5. The molecule has 0 spiro atoms. The fourth-order valence-corrected chi connectivity index (χ4v) is 3.80. The van der Waals surface area contributed by atoms with Crippen molar-refractivity contribution in [2.24, 2.45) is 5.73 Å². The molecule has 0 saturated carbocycles. The molecular weight excluding hydrogens is 476 g/mol. The third kappa shape index (κ3) is 12.0. The topological polar surface area (TPSA) is 151 Å². The average Bonchev–Trinajstić information content (AvgIpc) is 2.79. The van der Waals surface area contributed by atoms with Crippen molar-refractivity contribution >= 4 is 23.8 Å². The predicted molar refractivity (Wildman–Crippen MR) is 142 cm³/mol. The number of hydrogen-bond acceptors (Lipinski definition) is 6. The van der Waals surface area contributed by atoms with Crippen LogP contribution in [0.5, 0.6) is 5.75 Å². The Hall–Kier alpha value is -3.30. The number of alkyl carbamates (subject to hydrolysis) is 1. The van der Waals surface area contributed by atoms with Crippen LogP contribution in [0.15, 0.2) is 24.3 Å². The first kappa shape index (κ1) is 31.7. The molecule has 1 rings (SSSR count). The van der Waals surface area contributed by atoms with Crippen molar-refractivity contribution in [1.82, 2.24) is 15.5 Å². The fourth-order valence-electron chi connectivity index (χ4n) is 3.80. The maximum absolute atomic E-state index is 13.9. The van der Waals surface area contributed by atoms with E-state index >= 15 is 0 Å². The summed E-state index contributed by atoms with van der Waals surface area (Å²) in [5.74, 6) is -1.90. The van der Waals surface area contributed by atoms with Crippen LogP contribution >= 0.6 is 0 Å². The molecule has 0 saturated heterocycles. The highest BCUT2D eigenvalue weighted by molar-refractivity contribution is 5.94. The van der Waals surface area contributed by atoms with Gasteiger partial charge >= 0.3 is 6.09 Å². The molecule has 10 nitrogen and oxygen atoms in total. The lowest BCUT2D eigenvalue weighted by Gasteiger charge is -2.34. The number of rotatable bonds is 15. The van der Waals surface area contributed by atoms with Crippen molar-refractivity contribution in [1.29, 1.82) is 0 Å². The molecule has 0 aromatic heterocycles. The Morgan fingerprint density at radius 1 is 1.05 bits per heavy atom. The lowest BCUT2D eigenvalue weighted by molar-refractivity contribution is -0.143. The van der Waals surface area contributed by atoms with Gasteiger partial charge in [-0.15, -0.1) is 0 Å². The zero-order valence-corrected chi connectivity index (χ0v) is 22.8. The lowest BCUT2D eigenvalue weighted by atomic mass is 10.0. The molecule has 2 atom stereocenters. The second kappa shape index (κ2) is 15.7. The quantitative estimate of drug-likeness (QED) is 0.260. The number of amides is 4. The number of ether oxygens (including phenoxy) is 1. The van der Waals surface area contributed by atoms with Gasteiger partial charge in [0.05, 0.1) is 6.42 Å². The summed E-state index contributed by atoms with van der Waals surface area (Å²) in [6.45, 7) is 9.72. The lowest BCUT2D eigenvalue weighted by Crippen LogP contribution is -2.54. The molecule has 0 fully saturated rings. The highest BCUT2D eigenvalue weighted by Crippen LogP contribution is 2.26. The first-order valence-electron chi connectivity index (χ1n) is 13.0. The number of nitrogens with one attached hydrogen (secondary N) is 2. The number of carbonyl (C=O) groups excluding carboxylic acids is 4. The first-order chi connectivity index (χ1) is 17.4. The monoisotopic (exact) mass is 520 g/mol. The fraction of sp³-hybridized carbons (Fsp3) is 0.630. The second-order valence-electron chi connectivity index (χ2n) is 10.1. The van der Waals surface area contributed by atoms with E-state index in [9.17, 15) is 24.3 Å². The third-order valence-corrected chi connectivity index (χ3v) is 5.51. The molecule has 0 bridgehead atoms. The molecule has 4 amide bonds. The van der Waals surface area contributed by atoms with Gasteiger partial charge in [-0.2, -0.15) is 0 Å². The number of primary amides is 1. The van der Waals surface area contributed by atoms with Crippen molar-refractivity contribution in [2.45, 2.75) is 97.2 Å². The van der Waals surface area contributed by atoms with Crippen molar-refractivity contribution in [3.63, 3.8) is 0 Å². The van der Waals surface area contributed by atoms with E-state index in [1.807, 2.05) is 6.92 Å². The molecule has 5 N–H and O–H groups in total. The maximum atomic E-state index is 13.9. The molecule has 1 aromatic rings. The van der Waals surface area contributed by atoms with E-state index in [2.05, 4.69) is 17.6 Å². The molecule has 0 heterocycles. The first-order valence-corrected chi connectivity index (χ1v) is 13.0. The number of nitrogens with two attached hydrogens (primary N) is 1. The van der Waals surface area contributed by atoms with Gasteiger partial charge in [0.25, 0.3) is 0 Å². The van der Waals surface area contributed by atoms with Gasteiger partial charge in [0, 0.05) is 13.1 Å². The van der Waals surface area contributed by atoms with E-state index in [1.54, 1.807) is 32.9 Å². The molecule has 10 heteroatoms. The highest BCUT2D eigenvalue weighted by Gasteiger charge is 2.36. The highest BCUT2D eigenvalue weighted by atomic mass is 16.6. The summed E-state index contributed by atoms with van der Waals surface area (Å²) in [7, 11) is 0. The number of phenolic OH excluding ortho intramolecular Hbond substituents is 1. The SMILES string of the molecule is CCCCCNC(=O)C(c1cccc(O)c1)N(CCCCC)C(=O)C(CC(N)=O)NC(=O)OC(C)(C)C. The van der Waals surface area contributed by atoms with E-state index in [0.717, 1.165) is 32.1 Å². The predicted octanol–water partition coefficient (Wildman–Crippen LogP) is 3.53. The molecule has 0 radical (unpaired) electrons. The Morgan fingerprint density at radius 3 is 2.27 bits per heavy atom. The minimum Gasteiger partial charge on any atom is -0.508 e. The van der Waals surface area contributed by atoms with Crippen LogP contribution in [-0.2, 0) is 19.1 Å². The zero-order chi connectivity index (χ0) is 28.0. The third-order valence-electron chi connectivity index (χ3n) is 5.51. The minimum atomic E-state index is -1.33. The van der Waals surface area contributed by atoms with Gasteiger partial charge in [-0.25, -0.2) is 4.79 Å². The van der Waals surface area contributed by atoms with Crippen LogP contribution in [0.2, 0.25) is 0 Å².